The maximum atomic E-state index is 12.6. The number of benzene rings is 1. The van der Waals surface area contributed by atoms with E-state index >= 15 is 0 Å². The monoisotopic (exact) mass is 279 g/mol. The van der Waals surface area contributed by atoms with Crippen molar-refractivity contribution in [3.63, 3.8) is 0 Å². The maximum absolute atomic E-state index is 12.6. The Morgan fingerprint density at radius 1 is 1.16 bits per heavy atom. The van der Waals surface area contributed by atoms with Gasteiger partial charge in [0.1, 0.15) is 0 Å². The molecule has 1 aliphatic heterocycles. The third kappa shape index (κ3) is 2.21. The minimum Gasteiger partial charge on any atom is -0.309 e. The second-order valence-electron chi connectivity index (χ2n) is 6.12. The molecule has 0 radical (unpaired) electrons. The highest BCUT2D eigenvalue weighted by Crippen LogP contribution is 2.41. The third-order valence-electron chi connectivity index (χ3n) is 4.48. The predicted molar refractivity (Wildman–Crippen MR) is 77.0 cm³/mol. The first-order chi connectivity index (χ1) is 8.99. The van der Waals surface area contributed by atoms with Crippen LogP contribution in [-0.2, 0) is 9.84 Å². The van der Waals surface area contributed by atoms with E-state index in [9.17, 15) is 8.42 Å². The molecule has 0 aromatic heterocycles. The predicted octanol–water partition coefficient (Wildman–Crippen LogP) is 2.26. The highest BCUT2D eigenvalue weighted by atomic mass is 32.2. The molecule has 19 heavy (non-hydrogen) atoms. The average Bonchev–Trinajstić information content (AvgIpc) is 2.47. The molecule has 3 rings (SSSR count). The Bertz CT molecular complexity index is 582. The fourth-order valence-corrected chi connectivity index (χ4v) is 5.95. The quantitative estimate of drug-likeness (QED) is 0.792. The van der Waals surface area contributed by atoms with E-state index in [0.717, 1.165) is 13.0 Å². The summed E-state index contributed by atoms with van der Waals surface area (Å²) in [7, 11) is -3.01. The van der Waals surface area contributed by atoms with Gasteiger partial charge < -0.3 is 5.32 Å². The molecule has 4 unspecified atom stereocenters. The summed E-state index contributed by atoms with van der Waals surface area (Å²) >= 11 is 0. The standard InChI is InChI=1S/C15H21NO2S/c1-10-8-16-15-13-6-4-3-5-12(13)11(2)7-14(15)19(17,18)9-10/h3-6,10-11,14-16H,7-9H2,1-2H3. The zero-order chi connectivity index (χ0) is 13.6. The molecular formula is C15H21NO2S. The van der Waals surface area contributed by atoms with Gasteiger partial charge in [0.15, 0.2) is 9.84 Å². The van der Waals surface area contributed by atoms with Gasteiger partial charge >= 0.3 is 0 Å². The number of hydrogen-bond acceptors (Lipinski definition) is 3. The molecule has 1 aliphatic carbocycles. The first kappa shape index (κ1) is 13.1. The van der Waals surface area contributed by atoms with Crippen LogP contribution in [0.3, 0.4) is 0 Å². The van der Waals surface area contributed by atoms with E-state index in [4.69, 9.17) is 0 Å². The van der Waals surface area contributed by atoms with Crippen molar-refractivity contribution in [3.05, 3.63) is 35.4 Å². The summed E-state index contributed by atoms with van der Waals surface area (Å²) in [5, 5.41) is 3.22. The van der Waals surface area contributed by atoms with Crippen LogP contribution >= 0.6 is 0 Å². The van der Waals surface area contributed by atoms with Crippen LogP contribution in [0.25, 0.3) is 0 Å². The van der Waals surface area contributed by atoms with Gasteiger partial charge in [0.2, 0.25) is 0 Å². The zero-order valence-corrected chi connectivity index (χ0v) is 12.3. The van der Waals surface area contributed by atoms with Gasteiger partial charge in [-0.2, -0.15) is 0 Å². The fourth-order valence-electron chi connectivity index (χ4n) is 3.56. The molecule has 0 bridgehead atoms. The summed E-state index contributed by atoms with van der Waals surface area (Å²) in [5.41, 5.74) is 2.49. The minimum atomic E-state index is -3.01. The van der Waals surface area contributed by atoms with Gasteiger partial charge in [-0.15, -0.1) is 0 Å². The Morgan fingerprint density at radius 3 is 2.58 bits per heavy atom. The van der Waals surface area contributed by atoms with Gasteiger partial charge in [0.25, 0.3) is 0 Å². The molecule has 1 aromatic carbocycles. The van der Waals surface area contributed by atoms with Crippen LogP contribution in [0.15, 0.2) is 24.3 Å². The maximum Gasteiger partial charge on any atom is 0.155 e. The van der Waals surface area contributed by atoms with Gasteiger partial charge in [-0.05, 0) is 35.9 Å². The van der Waals surface area contributed by atoms with Crippen molar-refractivity contribution in [1.29, 1.82) is 0 Å². The molecule has 4 atom stereocenters. The summed E-state index contributed by atoms with van der Waals surface area (Å²) in [5.74, 6) is 0.830. The summed E-state index contributed by atoms with van der Waals surface area (Å²) in [6, 6.07) is 8.25. The van der Waals surface area contributed by atoms with Gasteiger partial charge in [-0.3, -0.25) is 0 Å². The van der Waals surface area contributed by atoms with E-state index < -0.39 is 9.84 Å². The number of hydrogen-bond donors (Lipinski definition) is 1. The van der Waals surface area contributed by atoms with Crippen molar-refractivity contribution >= 4 is 9.84 Å². The molecule has 3 nitrogen and oxygen atoms in total. The van der Waals surface area contributed by atoms with E-state index in [1.54, 1.807) is 0 Å². The molecule has 2 aliphatic rings. The lowest BCUT2D eigenvalue weighted by Crippen LogP contribution is -2.39. The molecule has 0 amide bonds. The fraction of sp³-hybridized carbons (Fsp3) is 0.600. The molecule has 104 valence electrons. The smallest absolute Gasteiger partial charge is 0.155 e. The molecule has 1 aromatic rings. The summed E-state index contributed by atoms with van der Waals surface area (Å²) in [4.78, 5) is 0. The topological polar surface area (TPSA) is 46.2 Å². The molecular weight excluding hydrogens is 258 g/mol. The van der Waals surface area contributed by atoms with Crippen molar-refractivity contribution in [1.82, 2.24) is 5.32 Å². The van der Waals surface area contributed by atoms with Crippen LogP contribution in [0.2, 0.25) is 0 Å². The van der Waals surface area contributed by atoms with Crippen molar-refractivity contribution in [3.8, 4) is 0 Å². The van der Waals surface area contributed by atoms with Gasteiger partial charge in [0.05, 0.1) is 11.0 Å². The normalized spacial score (nSPS) is 36.9. The van der Waals surface area contributed by atoms with Crippen LogP contribution in [0, 0.1) is 5.92 Å². The van der Waals surface area contributed by atoms with E-state index in [1.165, 1.54) is 11.1 Å². The van der Waals surface area contributed by atoms with Crippen molar-refractivity contribution in [2.24, 2.45) is 5.92 Å². The highest BCUT2D eigenvalue weighted by molar-refractivity contribution is 7.92. The van der Waals surface area contributed by atoms with E-state index in [1.807, 2.05) is 19.1 Å². The summed E-state index contributed by atoms with van der Waals surface area (Å²) < 4.78 is 25.1. The summed E-state index contributed by atoms with van der Waals surface area (Å²) in [6.45, 7) is 4.93. The lowest BCUT2D eigenvalue weighted by atomic mass is 9.80. The molecule has 1 saturated heterocycles. The Hall–Kier alpha value is -0.870. The number of fused-ring (bicyclic) bond motifs is 3. The number of sulfone groups is 1. The largest absolute Gasteiger partial charge is 0.309 e. The Morgan fingerprint density at radius 2 is 1.84 bits per heavy atom. The van der Waals surface area contributed by atoms with Crippen LogP contribution in [0.5, 0.6) is 0 Å². The molecule has 4 heteroatoms. The highest BCUT2D eigenvalue weighted by Gasteiger charge is 2.42. The van der Waals surface area contributed by atoms with E-state index in [0.29, 0.717) is 11.7 Å². The second-order valence-corrected chi connectivity index (χ2v) is 8.39. The Balaban J connectivity index is 2.10. The number of nitrogens with one attached hydrogen (secondary N) is 1. The van der Waals surface area contributed by atoms with Gasteiger partial charge in [-0.25, -0.2) is 8.42 Å². The first-order valence-corrected chi connectivity index (χ1v) is 8.74. The average molecular weight is 279 g/mol. The molecule has 1 N–H and O–H groups in total. The third-order valence-corrected chi connectivity index (χ3v) is 6.90. The van der Waals surface area contributed by atoms with Crippen molar-refractivity contribution in [2.45, 2.75) is 37.5 Å². The zero-order valence-electron chi connectivity index (χ0n) is 11.5. The minimum absolute atomic E-state index is 0.0256. The van der Waals surface area contributed by atoms with Gasteiger partial charge in [-0.1, -0.05) is 38.1 Å². The Kier molecular flexibility index (Phi) is 3.18. The molecule has 0 spiro atoms. The molecule has 1 heterocycles. The second kappa shape index (κ2) is 4.60. The van der Waals surface area contributed by atoms with Crippen LogP contribution < -0.4 is 5.32 Å². The lowest BCUT2D eigenvalue weighted by Gasteiger charge is -2.35. The molecule has 0 saturated carbocycles. The van der Waals surface area contributed by atoms with Gasteiger partial charge in [0, 0.05) is 6.04 Å². The van der Waals surface area contributed by atoms with E-state index in [2.05, 4.69) is 24.4 Å². The van der Waals surface area contributed by atoms with Crippen LogP contribution in [0.4, 0.5) is 0 Å². The first-order valence-electron chi connectivity index (χ1n) is 7.03. The van der Waals surface area contributed by atoms with Crippen molar-refractivity contribution in [2.75, 3.05) is 12.3 Å². The van der Waals surface area contributed by atoms with Crippen molar-refractivity contribution < 1.29 is 8.42 Å². The van der Waals surface area contributed by atoms with Crippen LogP contribution in [0.1, 0.15) is 43.4 Å². The summed E-state index contributed by atoms with van der Waals surface area (Å²) in [6.07, 6.45) is 0.740. The lowest BCUT2D eigenvalue weighted by molar-refractivity contribution is 0.424. The SMILES string of the molecule is CC1CNC2c3ccccc3C(C)CC2S(=O)(=O)C1. The number of rotatable bonds is 0. The van der Waals surface area contributed by atoms with Crippen LogP contribution in [-0.4, -0.2) is 26.0 Å². The molecule has 1 fully saturated rings. The van der Waals surface area contributed by atoms with E-state index in [-0.39, 0.29) is 17.2 Å². The Labute approximate surface area is 115 Å².